The molecule has 39 heavy (non-hydrogen) atoms. The van der Waals surface area contributed by atoms with E-state index in [-0.39, 0.29) is 11.9 Å². The van der Waals surface area contributed by atoms with Crippen molar-refractivity contribution < 1.29 is 0 Å². The van der Waals surface area contributed by atoms with Gasteiger partial charge in [-0.25, -0.2) is 10.9 Å². The molecule has 5 rings (SSSR count). The topological polar surface area (TPSA) is 90.7 Å². The summed E-state index contributed by atoms with van der Waals surface area (Å²) < 4.78 is 1.99. The lowest BCUT2D eigenvalue weighted by Crippen LogP contribution is -2.16. The van der Waals surface area contributed by atoms with Gasteiger partial charge in [0.15, 0.2) is 0 Å². The molecular formula is C29H22Br2N8. The number of halogens is 2. The van der Waals surface area contributed by atoms with Crippen LogP contribution in [-0.2, 0) is 0 Å². The highest BCUT2D eigenvalue weighted by atomic mass is 79.9. The molecule has 0 spiro atoms. The Morgan fingerprint density at radius 1 is 0.538 bits per heavy atom. The monoisotopic (exact) mass is 640 g/mol. The van der Waals surface area contributed by atoms with Gasteiger partial charge in [0.2, 0.25) is 17.8 Å². The number of aromatic nitrogens is 3. The van der Waals surface area contributed by atoms with E-state index in [0.29, 0.717) is 5.95 Å². The molecular weight excluding hydrogens is 620 g/mol. The van der Waals surface area contributed by atoms with Gasteiger partial charge in [0, 0.05) is 20.3 Å². The summed E-state index contributed by atoms with van der Waals surface area (Å²) in [5.74, 6) is 0.906. The zero-order chi connectivity index (χ0) is 26.9. The molecule has 0 aliphatic carbocycles. The van der Waals surface area contributed by atoms with Gasteiger partial charge in [0.1, 0.15) is 0 Å². The fraction of sp³-hybridized carbons (Fsp3) is 0. The first-order valence-electron chi connectivity index (χ1n) is 11.9. The summed E-state index contributed by atoms with van der Waals surface area (Å²) >= 11 is 6.89. The second-order valence-electron chi connectivity index (χ2n) is 8.13. The third kappa shape index (κ3) is 7.34. The first-order chi connectivity index (χ1) is 19.1. The fourth-order valence-electron chi connectivity index (χ4n) is 3.53. The van der Waals surface area contributed by atoms with Crippen LogP contribution in [-0.4, -0.2) is 27.4 Å². The Kier molecular flexibility index (Phi) is 8.67. The van der Waals surface area contributed by atoms with Gasteiger partial charge in [-0.15, -0.1) is 0 Å². The van der Waals surface area contributed by atoms with Crippen LogP contribution >= 0.6 is 31.9 Å². The normalized spacial score (nSPS) is 11.1. The van der Waals surface area contributed by atoms with Gasteiger partial charge in [-0.1, -0.05) is 92.5 Å². The summed E-state index contributed by atoms with van der Waals surface area (Å²) in [4.78, 5) is 15.8. The SMILES string of the molecule is Brc1ccc(/C=N/Nc2nc(N/N=C/c3ccc(Br)cc3)nc(N(c3ccccc3)c3ccccc3)n2)cc1. The number of anilines is 5. The number of nitrogens with zero attached hydrogens (tertiary/aromatic N) is 6. The summed E-state index contributed by atoms with van der Waals surface area (Å²) in [6, 6.07) is 35.4. The molecule has 5 aromatic rings. The molecule has 0 amide bonds. The number of nitrogens with one attached hydrogen (secondary N) is 2. The van der Waals surface area contributed by atoms with Crippen molar-refractivity contribution in [2.24, 2.45) is 10.2 Å². The molecule has 10 heteroatoms. The van der Waals surface area contributed by atoms with Crippen LogP contribution in [0.2, 0.25) is 0 Å². The molecule has 1 heterocycles. The van der Waals surface area contributed by atoms with Crippen molar-refractivity contribution in [1.29, 1.82) is 0 Å². The molecule has 0 radical (unpaired) electrons. The van der Waals surface area contributed by atoms with E-state index in [0.717, 1.165) is 31.4 Å². The molecule has 0 fully saturated rings. The van der Waals surface area contributed by atoms with Crippen LogP contribution in [0, 0.1) is 0 Å². The van der Waals surface area contributed by atoms with Crippen LogP contribution in [0.1, 0.15) is 11.1 Å². The zero-order valence-corrected chi connectivity index (χ0v) is 23.7. The fourth-order valence-corrected chi connectivity index (χ4v) is 4.05. The minimum Gasteiger partial charge on any atom is -0.279 e. The summed E-state index contributed by atoms with van der Waals surface area (Å²) in [6.07, 6.45) is 3.39. The smallest absolute Gasteiger partial charge is 0.250 e. The van der Waals surface area contributed by atoms with E-state index >= 15 is 0 Å². The molecule has 0 aliphatic heterocycles. The molecule has 0 aliphatic rings. The van der Waals surface area contributed by atoms with Gasteiger partial charge in [0.25, 0.3) is 0 Å². The summed E-state index contributed by atoms with van der Waals surface area (Å²) in [5, 5.41) is 8.66. The number of hydrogen-bond donors (Lipinski definition) is 2. The van der Waals surface area contributed by atoms with Crippen molar-refractivity contribution in [3.05, 3.63) is 129 Å². The molecule has 8 nitrogen and oxygen atoms in total. The largest absolute Gasteiger partial charge is 0.279 e. The number of hydrazone groups is 2. The summed E-state index contributed by atoms with van der Waals surface area (Å²) in [5.41, 5.74) is 9.50. The zero-order valence-electron chi connectivity index (χ0n) is 20.5. The Morgan fingerprint density at radius 2 is 0.949 bits per heavy atom. The Hall–Kier alpha value is -4.41. The van der Waals surface area contributed by atoms with Crippen molar-refractivity contribution >= 4 is 73.5 Å². The average Bonchev–Trinajstić information content (AvgIpc) is 2.96. The van der Waals surface area contributed by atoms with Crippen LogP contribution in [0.5, 0.6) is 0 Å². The van der Waals surface area contributed by atoms with Gasteiger partial charge >= 0.3 is 0 Å². The van der Waals surface area contributed by atoms with Gasteiger partial charge in [0.05, 0.1) is 12.4 Å². The second kappa shape index (κ2) is 12.9. The van der Waals surface area contributed by atoms with E-state index in [1.165, 1.54) is 0 Å². The van der Waals surface area contributed by atoms with Crippen molar-refractivity contribution in [3.8, 4) is 0 Å². The Labute approximate surface area is 242 Å². The third-order valence-electron chi connectivity index (χ3n) is 5.35. The third-order valence-corrected chi connectivity index (χ3v) is 6.41. The predicted molar refractivity (Wildman–Crippen MR) is 165 cm³/mol. The minimum absolute atomic E-state index is 0.256. The number of rotatable bonds is 9. The van der Waals surface area contributed by atoms with Crippen LogP contribution < -0.4 is 15.8 Å². The maximum atomic E-state index is 4.68. The summed E-state index contributed by atoms with van der Waals surface area (Å²) in [6.45, 7) is 0. The highest BCUT2D eigenvalue weighted by molar-refractivity contribution is 9.10. The second-order valence-corrected chi connectivity index (χ2v) is 9.96. The van der Waals surface area contributed by atoms with E-state index in [2.05, 4.69) is 67.9 Å². The van der Waals surface area contributed by atoms with Crippen molar-refractivity contribution in [1.82, 2.24) is 15.0 Å². The molecule has 192 valence electrons. The van der Waals surface area contributed by atoms with E-state index in [9.17, 15) is 0 Å². The van der Waals surface area contributed by atoms with Gasteiger partial charge in [-0.05, 0) is 59.7 Å². The van der Waals surface area contributed by atoms with Gasteiger partial charge in [-0.3, -0.25) is 4.90 Å². The Morgan fingerprint density at radius 3 is 1.36 bits per heavy atom. The summed E-state index contributed by atoms with van der Waals surface area (Å²) in [7, 11) is 0. The Balaban J connectivity index is 1.49. The number of hydrogen-bond acceptors (Lipinski definition) is 8. The van der Waals surface area contributed by atoms with Crippen molar-refractivity contribution in [2.45, 2.75) is 0 Å². The van der Waals surface area contributed by atoms with E-state index in [1.807, 2.05) is 114 Å². The maximum absolute atomic E-state index is 4.68. The van der Waals surface area contributed by atoms with E-state index < -0.39 is 0 Å². The van der Waals surface area contributed by atoms with Gasteiger partial charge in [-0.2, -0.15) is 25.2 Å². The first-order valence-corrected chi connectivity index (χ1v) is 13.5. The number of para-hydroxylation sites is 2. The molecule has 2 N–H and O–H groups in total. The first kappa shape index (κ1) is 26.2. The molecule has 0 bridgehead atoms. The predicted octanol–water partition coefficient (Wildman–Crippen LogP) is 7.76. The lowest BCUT2D eigenvalue weighted by atomic mass is 10.2. The lowest BCUT2D eigenvalue weighted by Gasteiger charge is -2.23. The van der Waals surface area contributed by atoms with Crippen molar-refractivity contribution in [3.63, 3.8) is 0 Å². The molecule has 0 atom stereocenters. The molecule has 4 aromatic carbocycles. The standard InChI is InChI=1S/C29H22Br2N8/c30-23-15-11-21(12-16-23)19-32-37-27-34-28(38-33-20-22-13-17-24(31)18-14-22)36-29(35-27)39(25-7-3-1-4-8-25)26-9-5-2-6-10-26/h1-20H,(H2,34,35,36,37,38)/b32-19+,33-20+. The highest BCUT2D eigenvalue weighted by Crippen LogP contribution is 2.32. The maximum Gasteiger partial charge on any atom is 0.250 e. The quantitative estimate of drug-likeness (QED) is 0.126. The van der Waals surface area contributed by atoms with E-state index in [1.54, 1.807) is 12.4 Å². The lowest BCUT2D eigenvalue weighted by molar-refractivity contribution is 0.991. The van der Waals surface area contributed by atoms with Crippen LogP contribution in [0.4, 0.5) is 29.2 Å². The van der Waals surface area contributed by atoms with Crippen LogP contribution in [0.25, 0.3) is 0 Å². The Bertz CT molecular complexity index is 1440. The minimum atomic E-state index is 0.256. The average molecular weight is 642 g/mol. The molecule has 0 unspecified atom stereocenters. The van der Waals surface area contributed by atoms with E-state index in [4.69, 9.17) is 0 Å². The molecule has 0 saturated carbocycles. The highest BCUT2D eigenvalue weighted by Gasteiger charge is 2.17. The van der Waals surface area contributed by atoms with Gasteiger partial charge < -0.3 is 0 Å². The van der Waals surface area contributed by atoms with Crippen molar-refractivity contribution in [2.75, 3.05) is 15.8 Å². The van der Waals surface area contributed by atoms with Crippen LogP contribution in [0.15, 0.2) is 128 Å². The van der Waals surface area contributed by atoms with Crippen LogP contribution in [0.3, 0.4) is 0 Å². The molecule has 0 saturated heterocycles. The molecule has 1 aromatic heterocycles. The number of benzene rings is 4.